The molecule has 152 valence electrons. The standard InChI is InChI=1S/C17H21ClN4O3S3/c1-11(2)26-17-21-20-16(27-17)19-15(23)12-7-9-22(10-8-12)28(24,25)14-5-3-13(18)4-6-14/h3-6,11-12H,7-10H2,1-2H3,(H,19,20,23). The van der Waals surface area contributed by atoms with E-state index in [0.717, 1.165) is 4.34 Å². The molecule has 7 nitrogen and oxygen atoms in total. The molecule has 11 heteroatoms. The van der Waals surface area contributed by atoms with Crippen LogP contribution in [0.5, 0.6) is 0 Å². The zero-order valence-corrected chi connectivity index (χ0v) is 18.7. The van der Waals surface area contributed by atoms with Gasteiger partial charge in [0, 0.05) is 29.3 Å². The quantitative estimate of drug-likeness (QED) is 0.521. The molecular weight excluding hydrogens is 440 g/mol. The summed E-state index contributed by atoms with van der Waals surface area (Å²) in [5, 5.41) is 12.2. The van der Waals surface area contributed by atoms with Gasteiger partial charge in [0.25, 0.3) is 0 Å². The van der Waals surface area contributed by atoms with Gasteiger partial charge in [0.15, 0.2) is 4.34 Å². The molecule has 3 rings (SSSR count). The Morgan fingerprint density at radius 1 is 1.25 bits per heavy atom. The van der Waals surface area contributed by atoms with Crippen molar-refractivity contribution in [2.75, 3.05) is 18.4 Å². The van der Waals surface area contributed by atoms with Gasteiger partial charge in [0.1, 0.15) is 0 Å². The topological polar surface area (TPSA) is 92.3 Å². The van der Waals surface area contributed by atoms with Crippen LogP contribution in [0.4, 0.5) is 5.13 Å². The monoisotopic (exact) mass is 460 g/mol. The van der Waals surface area contributed by atoms with Crippen LogP contribution < -0.4 is 5.32 Å². The summed E-state index contributed by atoms with van der Waals surface area (Å²) >= 11 is 8.78. The van der Waals surface area contributed by atoms with Crippen LogP contribution in [0.25, 0.3) is 0 Å². The van der Waals surface area contributed by atoms with Gasteiger partial charge in [-0.05, 0) is 37.1 Å². The number of amides is 1. The predicted octanol–water partition coefficient (Wildman–Crippen LogP) is 3.73. The lowest BCUT2D eigenvalue weighted by Gasteiger charge is -2.30. The number of nitrogens with one attached hydrogen (secondary N) is 1. The summed E-state index contributed by atoms with van der Waals surface area (Å²) in [6.45, 7) is 4.73. The van der Waals surface area contributed by atoms with Gasteiger partial charge in [-0.3, -0.25) is 4.79 Å². The third kappa shape index (κ3) is 5.24. The fourth-order valence-electron chi connectivity index (χ4n) is 2.83. The maximum absolute atomic E-state index is 12.7. The Kier molecular flexibility index (Phi) is 6.98. The molecule has 1 aromatic heterocycles. The summed E-state index contributed by atoms with van der Waals surface area (Å²) in [4.78, 5) is 12.7. The van der Waals surface area contributed by atoms with Crippen LogP contribution in [-0.2, 0) is 14.8 Å². The zero-order valence-electron chi connectivity index (χ0n) is 15.5. The number of anilines is 1. The highest BCUT2D eigenvalue weighted by molar-refractivity contribution is 8.01. The third-order valence-corrected chi connectivity index (χ3v) is 8.34. The van der Waals surface area contributed by atoms with Gasteiger partial charge in [-0.15, -0.1) is 10.2 Å². The molecule has 0 radical (unpaired) electrons. The number of aromatic nitrogens is 2. The SMILES string of the molecule is CC(C)Sc1nnc(NC(=O)C2CCN(S(=O)(=O)c3ccc(Cl)cc3)CC2)s1. The van der Waals surface area contributed by atoms with E-state index in [1.54, 1.807) is 23.9 Å². The first-order valence-electron chi connectivity index (χ1n) is 8.82. The van der Waals surface area contributed by atoms with Crippen molar-refractivity contribution in [2.24, 2.45) is 5.92 Å². The van der Waals surface area contributed by atoms with E-state index >= 15 is 0 Å². The molecule has 1 aromatic carbocycles. The van der Waals surface area contributed by atoms with Crippen molar-refractivity contribution in [1.82, 2.24) is 14.5 Å². The number of hydrogen-bond acceptors (Lipinski definition) is 7. The van der Waals surface area contributed by atoms with Gasteiger partial charge in [-0.2, -0.15) is 4.31 Å². The normalized spacial score (nSPS) is 16.4. The minimum atomic E-state index is -3.58. The number of rotatable bonds is 6. The number of piperidine rings is 1. The summed E-state index contributed by atoms with van der Waals surface area (Å²) in [7, 11) is -3.58. The second-order valence-corrected chi connectivity index (χ2v) is 11.8. The highest BCUT2D eigenvalue weighted by atomic mass is 35.5. The summed E-state index contributed by atoms with van der Waals surface area (Å²) in [6, 6.07) is 6.11. The van der Waals surface area contributed by atoms with Gasteiger partial charge in [0.2, 0.25) is 21.1 Å². The Labute approximate surface area is 177 Å². The van der Waals surface area contributed by atoms with Crippen LogP contribution >= 0.6 is 34.7 Å². The van der Waals surface area contributed by atoms with Gasteiger partial charge < -0.3 is 5.32 Å². The van der Waals surface area contributed by atoms with Crippen LogP contribution in [0, 0.1) is 5.92 Å². The summed E-state index contributed by atoms with van der Waals surface area (Å²) in [5.41, 5.74) is 0. The lowest BCUT2D eigenvalue weighted by atomic mass is 9.97. The maximum atomic E-state index is 12.7. The molecule has 0 aliphatic carbocycles. The molecule has 0 saturated carbocycles. The Hall–Kier alpha value is -1.20. The molecule has 1 aliphatic heterocycles. The van der Waals surface area contributed by atoms with Crippen LogP contribution in [0.3, 0.4) is 0 Å². The molecule has 1 saturated heterocycles. The minimum Gasteiger partial charge on any atom is -0.300 e. The molecule has 0 bridgehead atoms. The van der Waals surface area contributed by atoms with Crippen molar-refractivity contribution in [2.45, 2.75) is 41.2 Å². The van der Waals surface area contributed by atoms with Crippen LogP contribution in [-0.4, -0.2) is 47.2 Å². The number of carbonyl (C=O) groups excluding carboxylic acids is 1. The number of halogens is 1. The Bertz CT molecular complexity index is 923. The van der Waals surface area contributed by atoms with Crippen molar-refractivity contribution in [3.8, 4) is 0 Å². The molecule has 0 unspecified atom stereocenters. The number of sulfonamides is 1. The van der Waals surface area contributed by atoms with Crippen molar-refractivity contribution >= 4 is 55.8 Å². The number of nitrogens with zero attached hydrogens (tertiary/aromatic N) is 3. The van der Waals surface area contributed by atoms with E-state index in [-0.39, 0.29) is 16.7 Å². The molecule has 0 atom stereocenters. The molecular formula is C17H21ClN4O3S3. The Balaban J connectivity index is 1.56. The first kappa shape index (κ1) is 21.5. The van der Waals surface area contributed by atoms with Gasteiger partial charge in [-0.1, -0.05) is 48.5 Å². The lowest BCUT2D eigenvalue weighted by Crippen LogP contribution is -2.41. The average molecular weight is 461 g/mol. The Morgan fingerprint density at radius 2 is 1.89 bits per heavy atom. The van der Waals surface area contributed by atoms with Gasteiger partial charge in [0.05, 0.1) is 4.90 Å². The molecule has 1 amide bonds. The molecule has 1 N–H and O–H groups in total. The van der Waals surface area contributed by atoms with Crippen LogP contribution in [0.2, 0.25) is 5.02 Å². The largest absolute Gasteiger partial charge is 0.300 e. The lowest BCUT2D eigenvalue weighted by molar-refractivity contribution is -0.120. The van der Waals surface area contributed by atoms with Crippen molar-refractivity contribution in [3.63, 3.8) is 0 Å². The van der Waals surface area contributed by atoms with Crippen molar-refractivity contribution in [3.05, 3.63) is 29.3 Å². The van der Waals surface area contributed by atoms with Gasteiger partial charge >= 0.3 is 0 Å². The summed E-state index contributed by atoms with van der Waals surface area (Å²) in [5.74, 6) is -0.387. The van der Waals surface area contributed by atoms with Crippen molar-refractivity contribution in [1.29, 1.82) is 0 Å². The highest BCUT2D eigenvalue weighted by Crippen LogP contribution is 2.30. The summed E-state index contributed by atoms with van der Waals surface area (Å²) in [6.07, 6.45) is 0.927. The average Bonchev–Trinajstić information content (AvgIpc) is 3.08. The van der Waals surface area contributed by atoms with Crippen LogP contribution in [0.15, 0.2) is 33.5 Å². The van der Waals surface area contributed by atoms with E-state index in [1.807, 2.05) is 0 Å². The second kappa shape index (κ2) is 9.08. The predicted molar refractivity (Wildman–Crippen MR) is 112 cm³/mol. The first-order valence-corrected chi connectivity index (χ1v) is 12.3. The highest BCUT2D eigenvalue weighted by Gasteiger charge is 2.32. The van der Waals surface area contributed by atoms with E-state index in [2.05, 4.69) is 29.4 Å². The molecule has 2 heterocycles. The first-order chi connectivity index (χ1) is 13.3. The van der Waals surface area contributed by atoms with E-state index < -0.39 is 10.0 Å². The van der Waals surface area contributed by atoms with E-state index in [9.17, 15) is 13.2 Å². The third-order valence-electron chi connectivity index (χ3n) is 4.25. The Morgan fingerprint density at radius 3 is 2.50 bits per heavy atom. The van der Waals surface area contributed by atoms with Gasteiger partial charge in [-0.25, -0.2) is 8.42 Å². The minimum absolute atomic E-state index is 0.138. The second-order valence-electron chi connectivity index (χ2n) is 6.66. The molecule has 0 spiro atoms. The molecule has 28 heavy (non-hydrogen) atoms. The van der Waals surface area contributed by atoms with E-state index in [1.165, 1.54) is 27.8 Å². The molecule has 2 aromatic rings. The summed E-state index contributed by atoms with van der Waals surface area (Å²) < 4.78 is 27.7. The molecule has 1 aliphatic rings. The molecule has 1 fully saturated rings. The number of hydrogen-bond donors (Lipinski definition) is 1. The van der Waals surface area contributed by atoms with Crippen molar-refractivity contribution < 1.29 is 13.2 Å². The number of carbonyl (C=O) groups is 1. The fraction of sp³-hybridized carbons (Fsp3) is 0.471. The zero-order chi connectivity index (χ0) is 20.3. The van der Waals surface area contributed by atoms with E-state index in [0.29, 0.717) is 41.3 Å². The fourth-order valence-corrected chi connectivity index (χ4v) is 6.40. The number of thioether (sulfide) groups is 1. The van der Waals surface area contributed by atoms with E-state index in [4.69, 9.17) is 11.6 Å². The van der Waals surface area contributed by atoms with Crippen LogP contribution in [0.1, 0.15) is 26.7 Å². The smallest absolute Gasteiger partial charge is 0.243 e. The maximum Gasteiger partial charge on any atom is 0.243 e. The number of benzene rings is 1.